The molecule has 120 valence electrons. The minimum atomic E-state index is -0.00852. The first-order chi connectivity index (χ1) is 10.1. The summed E-state index contributed by atoms with van der Waals surface area (Å²) in [6.45, 7) is 3.81. The predicted molar refractivity (Wildman–Crippen MR) is 95.8 cm³/mol. The van der Waals surface area contributed by atoms with Crippen molar-refractivity contribution >= 4 is 52.6 Å². The van der Waals surface area contributed by atoms with Gasteiger partial charge < -0.3 is 10.6 Å². The fraction of sp³-hybridized carbons (Fsp3) is 0.429. The van der Waals surface area contributed by atoms with Crippen LogP contribution in [0.25, 0.3) is 9.88 Å². The van der Waals surface area contributed by atoms with E-state index in [2.05, 4.69) is 15.6 Å². The zero-order chi connectivity index (χ0) is 14.8. The first-order valence-corrected chi connectivity index (χ1v) is 8.89. The van der Waals surface area contributed by atoms with Crippen molar-refractivity contribution in [3.63, 3.8) is 0 Å². The van der Waals surface area contributed by atoms with Gasteiger partial charge in [-0.1, -0.05) is 11.6 Å². The topological polar surface area (TPSA) is 54.0 Å². The average molecular weight is 378 g/mol. The van der Waals surface area contributed by atoms with Crippen LogP contribution in [-0.2, 0) is 0 Å². The quantitative estimate of drug-likeness (QED) is 0.856. The summed E-state index contributed by atoms with van der Waals surface area (Å²) in [7, 11) is 0. The number of amides is 1. The molecular weight excluding hydrogens is 361 g/mol. The molecule has 0 saturated carbocycles. The molecule has 0 aliphatic carbocycles. The monoisotopic (exact) mass is 377 g/mol. The molecule has 1 aliphatic heterocycles. The summed E-state index contributed by atoms with van der Waals surface area (Å²) in [4.78, 5) is 18.6. The van der Waals surface area contributed by atoms with Gasteiger partial charge in [0.15, 0.2) is 0 Å². The van der Waals surface area contributed by atoms with E-state index in [0.29, 0.717) is 4.88 Å². The van der Waals surface area contributed by atoms with E-state index in [1.807, 2.05) is 19.1 Å². The van der Waals surface area contributed by atoms with Crippen LogP contribution in [0, 0.1) is 6.92 Å². The molecule has 4 nitrogen and oxygen atoms in total. The lowest BCUT2D eigenvalue weighted by Crippen LogP contribution is -2.42. The predicted octanol–water partition coefficient (Wildman–Crippen LogP) is 3.74. The number of rotatable bonds is 3. The van der Waals surface area contributed by atoms with Crippen LogP contribution < -0.4 is 10.6 Å². The standard InChI is InChI=1S/C14H16ClN3OS2.ClH/c1-8-12(13(19)18-9-4-6-16-7-5-9)21-14(17-8)10-2-3-11(15)20-10;/h2-3,9,16H,4-7H2,1H3,(H,18,19);1H. The van der Waals surface area contributed by atoms with Crippen LogP contribution in [0.15, 0.2) is 12.1 Å². The van der Waals surface area contributed by atoms with Gasteiger partial charge in [-0.25, -0.2) is 4.98 Å². The van der Waals surface area contributed by atoms with E-state index in [1.54, 1.807) is 0 Å². The summed E-state index contributed by atoms with van der Waals surface area (Å²) in [6, 6.07) is 4.06. The van der Waals surface area contributed by atoms with Crippen LogP contribution in [0.2, 0.25) is 4.34 Å². The summed E-state index contributed by atoms with van der Waals surface area (Å²) in [6.07, 6.45) is 1.97. The molecule has 0 spiro atoms. The molecule has 0 radical (unpaired) electrons. The number of piperidine rings is 1. The molecule has 0 aromatic carbocycles. The third-order valence-electron chi connectivity index (χ3n) is 3.46. The van der Waals surface area contributed by atoms with Crippen molar-refractivity contribution in [1.82, 2.24) is 15.6 Å². The molecule has 2 aromatic heterocycles. The Labute approximate surface area is 148 Å². The number of aromatic nitrogens is 1. The molecule has 2 N–H and O–H groups in total. The molecule has 3 heterocycles. The molecule has 2 aromatic rings. The van der Waals surface area contributed by atoms with Crippen molar-refractivity contribution in [3.05, 3.63) is 27.0 Å². The highest BCUT2D eigenvalue weighted by molar-refractivity contribution is 7.24. The fourth-order valence-corrected chi connectivity index (χ4v) is 4.43. The smallest absolute Gasteiger partial charge is 0.263 e. The number of hydrogen-bond donors (Lipinski definition) is 2. The molecule has 8 heteroatoms. The highest BCUT2D eigenvalue weighted by Gasteiger charge is 2.21. The first kappa shape index (κ1) is 17.7. The van der Waals surface area contributed by atoms with Crippen LogP contribution in [0.3, 0.4) is 0 Å². The van der Waals surface area contributed by atoms with Gasteiger partial charge in [0, 0.05) is 6.04 Å². The second kappa shape index (κ2) is 7.75. The zero-order valence-electron chi connectivity index (χ0n) is 12.0. The number of carbonyl (C=O) groups excluding carboxylic acids is 1. The van der Waals surface area contributed by atoms with E-state index in [0.717, 1.165) is 45.8 Å². The number of aryl methyl sites for hydroxylation is 1. The Balaban J connectivity index is 0.00000176. The van der Waals surface area contributed by atoms with Crippen LogP contribution in [0.1, 0.15) is 28.2 Å². The van der Waals surface area contributed by atoms with Crippen LogP contribution in [-0.4, -0.2) is 30.0 Å². The van der Waals surface area contributed by atoms with Crippen molar-refractivity contribution in [2.45, 2.75) is 25.8 Å². The minimum Gasteiger partial charge on any atom is -0.348 e. The number of thiophene rings is 1. The van der Waals surface area contributed by atoms with Gasteiger partial charge in [-0.15, -0.1) is 35.1 Å². The van der Waals surface area contributed by atoms with Crippen molar-refractivity contribution in [2.75, 3.05) is 13.1 Å². The Bertz CT molecular complexity index is 650. The van der Waals surface area contributed by atoms with Crippen molar-refractivity contribution in [2.24, 2.45) is 0 Å². The summed E-state index contributed by atoms with van der Waals surface area (Å²) in [5.41, 5.74) is 0.783. The molecule has 1 fully saturated rings. The summed E-state index contributed by atoms with van der Waals surface area (Å²) in [5.74, 6) is -0.00852. The highest BCUT2D eigenvalue weighted by Crippen LogP contribution is 2.34. The average Bonchev–Trinajstić information content (AvgIpc) is 3.06. The number of hydrogen-bond acceptors (Lipinski definition) is 5. The summed E-state index contributed by atoms with van der Waals surface area (Å²) in [5, 5.41) is 7.27. The van der Waals surface area contributed by atoms with Crippen molar-refractivity contribution < 1.29 is 4.79 Å². The van der Waals surface area contributed by atoms with E-state index in [1.165, 1.54) is 22.7 Å². The second-order valence-corrected chi connectivity index (χ2v) is 7.75. The maximum Gasteiger partial charge on any atom is 0.263 e. The molecular formula is C14H17Cl2N3OS2. The van der Waals surface area contributed by atoms with Gasteiger partial charge in [-0.3, -0.25) is 4.79 Å². The van der Waals surface area contributed by atoms with Gasteiger partial charge in [-0.2, -0.15) is 0 Å². The molecule has 1 amide bonds. The Morgan fingerprint density at radius 1 is 1.36 bits per heavy atom. The van der Waals surface area contributed by atoms with Crippen LogP contribution in [0.4, 0.5) is 0 Å². The molecule has 1 aliphatic rings. The zero-order valence-corrected chi connectivity index (χ0v) is 15.2. The number of thiazole rings is 1. The Kier molecular flexibility index (Phi) is 6.23. The second-order valence-electron chi connectivity index (χ2n) is 5.04. The lowest BCUT2D eigenvalue weighted by atomic mass is 10.1. The third-order valence-corrected chi connectivity index (χ3v) is 6.02. The third kappa shape index (κ3) is 4.00. The van der Waals surface area contributed by atoms with E-state index in [-0.39, 0.29) is 24.4 Å². The highest BCUT2D eigenvalue weighted by atomic mass is 35.5. The largest absolute Gasteiger partial charge is 0.348 e. The van der Waals surface area contributed by atoms with E-state index in [4.69, 9.17) is 11.6 Å². The van der Waals surface area contributed by atoms with E-state index < -0.39 is 0 Å². The molecule has 0 bridgehead atoms. The van der Waals surface area contributed by atoms with Gasteiger partial charge >= 0.3 is 0 Å². The maximum atomic E-state index is 12.4. The molecule has 22 heavy (non-hydrogen) atoms. The number of nitrogens with zero attached hydrogens (tertiary/aromatic N) is 1. The minimum absolute atomic E-state index is 0. The maximum absolute atomic E-state index is 12.4. The molecule has 3 rings (SSSR count). The molecule has 0 atom stereocenters. The number of carbonyl (C=O) groups is 1. The van der Waals surface area contributed by atoms with E-state index in [9.17, 15) is 4.79 Å². The van der Waals surface area contributed by atoms with Crippen LogP contribution in [0.5, 0.6) is 0 Å². The first-order valence-electron chi connectivity index (χ1n) is 6.88. The van der Waals surface area contributed by atoms with E-state index >= 15 is 0 Å². The Morgan fingerprint density at radius 2 is 2.09 bits per heavy atom. The van der Waals surface area contributed by atoms with Gasteiger partial charge in [0.25, 0.3) is 5.91 Å². The van der Waals surface area contributed by atoms with Gasteiger partial charge in [-0.05, 0) is 45.0 Å². The number of nitrogens with one attached hydrogen (secondary N) is 2. The molecule has 1 saturated heterocycles. The van der Waals surface area contributed by atoms with Crippen molar-refractivity contribution in [3.8, 4) is 9.88 Å². The molecule has 0 unspecified atom stereocenters. The fourth-order valence-electron chi connectivity index (χ4n) is 2.36. The Hall–Kier alpha value is -0.660. The lowest BCUT2D eigenvalue weighted by molar-refractivity contribution is 0.0933. The van der Waals surface area contributed by atoms with Gasteiger partial charge in [0.2, 0.25) is 0 Å². The summed E-state index contributed by atoms with van der Waals surface area (Å²) >= 11 is 8.88. The van der Waals surface area contributed by atoms with Gasteiger partial charge in [0.05, 0.1) is 14.9 Å². The Morgan fingerprint density at radius 3 is 2.73 bits per heavy atom. The van der Waals surface area contributed by atoms with Crippen molar-refractivity contribution in [1.29, 1.82) is 0 Å². The SMILES string of the molecule is Cc1nc(-c2ccc(Cl)s2)sc1C(=O)NC1CCNCC1.Cl. The number of halogens is 2. The van der Waals surface area contributed by atoms with Crippen LogP contribution >= 0.6 is 46.7 Å². The lowest BCUT2D eigenvalue weighted by Gasteiger charge is -2.23. The summed E-state index contributed by atoms with van der Waals surface area (Å²) < 4.78 is 0.735. The normalized spacial score (nSPS) is 15.4. The van der Waals surface area contributed by atoms with Gasteiger partial charge in [0.1, 0.15) is 9.88 Å².